The van der Waals surface area contributed by atoms with Crippen LogP contribution in [0.4, 0.5) is 5.82 Å². The van der Waals surface area contributed by atoms with E-state index < -0.39 is 15.9 Å². The molecule has 1 amide bonds. The molecular formula is C25H26ClN3O4S. The minimum atomic E-state index is -4.16. The second-order valence-corrected chi connectivity index (χ2v) is 11.2. The van der Waals surface area contributed by atoms with Gasteiger partial charge in [-0.1, -0.05) is 24.6 Å². The maximum absolute atomic E-state index is 13.1. The molecule has 34 heavy (non-hydrogen) atoms. The largest absolute Gasteiger partial charge is 0.457 e. The van der Waals surface area contributed by atoms with Crippen LogP contribution in [-0.4, -0.2) is 31.4 Å². The molecule has 0 bridgehead atoms. The first-order valence-corrected chi connectivity index (χ1v) is 12.7. The Morgan fingerprint density at radius 2 is 1.85 bits per heavy atom. The first-order chi connectivity index (χ1) is 16.0. The number of carbonyl (C=O) groups excluding carboxylic acids is 1. The van der Waals surface area contributed by atoms with Gasteiger partial charge in [-0.25, -0.2) is 18.1 Å². The van der Waals surface area contributed by atoms with Crippen molar-refractivity contribution in [1.82, 2.24) is 9.71 Å². The highest BCUT2D eigenvalue weighted by atomic mass is 35.5. The van der Waals surface area contributed by atoms with E-state index in [0.717, 1.165) is 13.0 Å². The number of hydrogen-bond acceptors (Lipinski definition) is 6. The zero-order valence-corrected chi connectivity index (χ0v) is 20.7. The summed E-state index contributed by atoms with van der Waals surface area (Å²) in [6.45, 7) is 7.07. The van der Waals surface area contributed by atoms with Crippen LogP contribution >= 0.6 is 11.6 Å². The molecule has 2 heterocycles. The first kappa shape index (κ1) is 24.0. The number of hydrogen-bond donors (Lipinski definition) is 1. The summed E-state index contributed by atoms with van der Waals surface area (Å²) in [5, 5.41) is 0.563. The van der Waals surface area contributed by atoms with Gasteiger partial charge in [-0.3, -0.25) is 4.79 Å². The van der Waals surface area contributed by atoms with E-state index in [2.05, 4.69) is 35.4 Å². The van der Waals surface area contributed by atoms with Crippen LogP contribution in [0.25, 0.3) is 0 Å². The Balaban J connectivity index is 1.57. The van der Waals surface area contributed by atoms with Crippen molar-refractivity contribution in [3.8, 4) is 11.5 Å². The van der Waals surface area contributed by atoms with Crippen molar-refractivity contribution in [2.75, 3.05) is 11.4 Å². The van der Waals surface area contributed by atoms with E-state index in [0.29, 0.717) is 28.3 Å². The van der Waals surface area contributed by atoms with Gasteiger partial charge in [0.05, 0.1) is 10.5 Å². The lowest BCUT2D eigenvalue weighted by Gasteiger charge is -2.33. The summed E-state index contributed by atoms with van der Waals surface area (Å²) in [5.74, 6) is 0.991. The number of pyridine rings is 1. The van der Waals surface area contributed by atoms with E-state index in [4.69, 9.17) is 16.3 Å². The third-order valence-electron chi connectivity index (χ3n) is 5.75. The van der Waals surface area contributed by atoms with Crippen molar-refractivity contribution in [3.63, 3.8) is 0 Å². The number of halogens is 1. The Bertz CT molecular complexity index is 1310. The van der Waals surface area contributed by atoms with Crippen LogP contribution in [-0.2, 0) is 10.0 Å². The molecule has 0 radical (unpaired) electrons. The Kier molecular flexibility index (Phi) is 6.55. The summed E-state index contributed by atoms with van der Waals surface area (Å²) in [6, 6.07) is 15.9. The number of sulfonamides is 1. The standard InChI is InChI=1S/C25H26ClN3O4S/c1-17-15-25(2,3)29(16-17)23-22(8-5-13-27-23)24(30)28-34(31,32)21-7-4-6-20(14-21)33-19-11-9-18(26)10-12-19/h4-14,17H,15-16H2,1-3H3,(H,28,30). The highest BCUT2D eigenvalue weighted by molar-refractivity contribution is 7.90. The second kappa shape index (κ2) is 9.27. The van der Waals surface area contributed by atoms with Crippen LogP contribution in [0.1, 0.15) is 37.6 Å². The molecule has 3 aromatic rings. The average Bonchev–Trinajstić information content (AvgIpc) is 3.07. The van der Waals surface area contributed by atoms with Crippen molar-refractivity contribution in [2.24, 2.45) is 5.92 Å². The number of carbonyl (C=O) groups is 1. The number of nitrogens with one attached hydrogen (secondary N) is 1. The molecule has 0 spiro atoms. The lowest BCUT2D eigenvalue weighted by molar-refractivity contribution is 0.0981. The molecule has 1 N–H and O–H groups in total. The van der Waals surface area contributed by atoms with Crippen LogP contribution < -0.4 is 14.4 Å². The minimum Gasteiger partial charge on any atom is -0.457 e. The maximum Gasteiger partial charge on any atom is 0.268 e. The van der Waals surface area contributed by atoms with E-state index >= 15 is 0 Å². The smallest absolute Gasteiger partial charge is 0.268 e. The highest BCUT2D eigenvalue weighted by Crippen LogP contribution is 2.37. The van der Waals surface area contributed by atoms with E-state index in [9.17, 15) is 13.2 Å². The quantitative estimate of drug-likeness (QED) is 0.497. The Morgan fingerprint density at radius 3 is 2.53 bits per heavy atom. The van der Waals surface area contributed by atoms with Crippen LogP contribution in [0.15, 0.2) is 71.8 Å². The molecule has 2 aromatic carbocycles. The summed E-state index contributed by atoms with van der Waals surface area (Å²) >= 11 is 5.89. The van der Waals surface area contributed by atoms with Crippen molar-refractivity contribution in [3.05, 3.63) is 77.4 Å². The minimum absolute atomic E-state index is 0.0899. The lowest BCUT2D eigenvalue weighted by Crippen LogP contribution is -2.40. The van der Waals surface area contributed by atoms with Gasteiger partial charge >= 0.3 is 0 Å². The highest BCUT2D eigenvalue weighted by Gasteiger charge is 2.39. The van der Waals surface area contributed by atoms with Crippen molar-refractivity contribution in [2.45, 2.75) is 37.6 Å². The van der Waals surface area contributed by atoms with Gasteiger partial charge in [-0.05, 0) is 74.7 Å². The summed E-state index contributed by atoms with van der Waals surface area (Å²) in [5.41, 5.74) is 0.0106. The van der Waals surface area contributed by atoms with Gasteiger partial charge in [0.1, 0.15) is 17.3 Å². The SMILES string of the molecule is CC1CN(c2ncccc2C(=O)NS(=O)(=O)c2cccc(Oc3ccc(Cl)cc3)c2)C(C)(C)C1. The van der Waals surface area contributed by atoms with E-state index in [1.807, 2.05) is 0 Å². The molecular weight excluding hydrogens is 474 g/mol. The number of ether oxygens (including phenoxy) is 1. The number of amides is 1. The molecule has 1 aliphatic rings. The van der Waals surface area contributed by atoms with Crippen molar-refractivity contribution < 1.29 is 17.9 Å². The van der Waals surface area contributed by atoms with Gasteiger partial charge in [0.25, 0.3) is 15.9 Å². The predicted molar refractivity (Wildman–Crippen MR) is 132 cm³/mol. The third kappa shape index (κ3) is 5.18. The molecule has 1 aromatic heterocycles. The van der Waals surface area contributed by atoms with Gasteiger partial charge in [0.2, 0.25) is 0 Å². The molecule has 0 aliphatic carbocycles. The Labute approximate surface area is 204 Å². The molecule has 7 nitrogen and oxygen atoms in total. The molecule has 1 aliphatic heterocycles. The van der Waals surface area contributed by atoms with E-state index in [-0.39, 0.29) is 16.0 Å². The first-order valence-electron chi connectivity index (χ1n) is 10.9. The molecule has 178 valence electrons. The van der Waals surface area contributed by atoms with Crippen molar-refractivity contribution >= 4 is 33.3 Å². The fraction of sp³-hybridized carbons (Fsp3) is 0.280. The van der Waals surface area contributed by atoms with Crippen LogP contribution in [0.5, 0.6) is 11.5 Å². The van der Waals surface area contributed by atoms with Crippen LogP contribution in [0.3, 0.4) is 0 Å². The number of aromatic nitrogens is 1. The number of rotatable bonds is 6. The summed E-state index contributed by atoms with van der Waals surface area (Å²) in [6.07, 6.45) is 2.56. The average molecular weight is 500 g/mol. The van der Waals surface area contributed by atoms with Crippen molar-refractivity contribution in [1.29, 1.82) is 0 Å². The van der Waals surface area contributed by atoms with Crippen LogP contribution in [0.2, 0.25) is 5.02 Å². The molecule has 1 fully saturated rings. The molecule has 0 saturated carbocycles. The van der Waals surface area contributed by atoms with Crippen LogP contribution in [0, 0.1) is 5.92 Å². The van der Waals surface area contributed by atoms with Gasteiger partial charge in [0, 0.05) is 29.4 Å². The molecule has 1 saturated heterocycles. The topological polar surface area (TPSA) is 88.6 Å². The van der Waals surface area contributed by atoms with E-state index in [1.165, 1.54) is 12.1 Å². The number of benzene rings is 2. The van der Waals surface area contributed by atoms with Gasteiger partial charge in [0.15, 0.2) is 0 Å². The monoisotopic (exact) mass is 499 g/mol. The van der Waals surface area contributed by atoms with E-state index in [1.54, 1.807) is 54.7 Å². The van der Waals surface area contributed by atoms with Gasteiger partial charge in [-0.2, -0.15) is 0 Å². The Morgan fingerprint density at radius 1 is 1.12 bits per heavy atom. The second-order valence-electron chi connectivity index (χ2n) is 9.07. The van der Waals surface area contributed by atoms with Gasteiger partial charge < -0.3 is 9.64 Å². The van der Waals surface area contributed by atoms with Gasteiger partial charge in [-0.15, -0.1) is 0 Å². The lowest BCUT2D eigenvalue weighted by atomic mass is 9.97. The predicted octanol–water partition coefficient (Wildman–Crippen LogP) is 5.27. The summed E-state index contributed by atoms with van der Waals surface area (Å²) < 4.78 is 34.0. The third-order valence-corrected chi connectivity index (χ3v) is 7.33. The zero-order chi connectivity index (χ0) is 24.5. The zero-order valence-electron chi connectivity index (χ0n) is 19.2. The summed E-state index contributed by atoms with van der Waals surface area (Å²) in [4.78, 5) is 19.5. The molecule has 1 unspecified atom stereocenters. The molecule has 1 atom stereocenters. The maximum atomic E-state index is 13.1. The fourth-order valence-electron chi connectivity index (χ4n) is 4.33. The summed E-state index contributed by atoms with van der Waals surface area (Å²) in [7, 11) is -4.16. The molecule has 4 rings (SSSR count). The molecule has 9 heteroatoms. The normalized spacial score (nSPS) is 17.4. The fourth-order valence-corrected chi connectivity index (χ4v) is 5.46. The number of nitrogens with zero attached hydrogens (tertiary/aromatic N) is 2. The number of anilines is 1. The Hall–Kier alpha value is -3.10.